The second-order valence-corrected chi connectivity index (χ2v) is 9.88. The molecule has 0 spiro atoms. The van der Waals surface area contributed by atoms with E-state index < -0.39 is 23.1 Å². The molecule has 0 amide bonds. The summed E-state index contributed by atoms with van der Waals surface area (Å²) in [4.78, 5) is 26.4. The molecule has 3 rings (SSSR count). The molecule has 4 nitrogen and oxygen atoms in total. The van der Waals surface area contributed by atoms with E-state index in [2.05, 4.69) is 27.7 Å². The molecule has 30 heavy (non-hydrogen) atoms. The number of rotatable bonds is 6. The van der Waals surface area contributed by atoms with E-state index in [-0.39, 0.29) is 11.8 Å². The number of benzene rings is 1. The van der Waals surface area contributed by atoms with Gasteiger partial charge in [0.05, 0.1) is 11.1 Å². The van der Waals surface area contributed by atoms with E-state index in [0.717, 1.165) is 51.4 Å². The van der Waals surface area contributed by atoms with E-state index in [0.29, 0.717) is 11.1 Å². The van der Waals surface area contributed by atoms with Crippen LogP contribution in [0.25, 0.3) is 0 Å². The van der Waals surface area contributed by atoms with Gasteiger partial charge in [0.25, 0.3) is 0 Å². The normalized spacial score (nSPS) is 20.7. The van der Waals surface area contributed by atoms with Crippen LogP contribution in [0.1, 0.15) is 113 Å². The van der Waals surface area contributed by atoms with Gasteiger partial charge in [-0.05, 0) is 75.3 Å². The molecule has 2 fully saturated rings. The molecule has 4 heteroatoms. The van der Waals surface area contributed by atoms with Crippen molar-refractivity contribution in [3.05, 3.63) is 35.4 Å². The van der Waals surface area contributed by atoms with Crippen molar-refractivity contribution < 1.29 is 19.1 Å². The first-order valence-electron chi connectivity index (χ1n) is 11.9. The lowest BCUT2D eigenvalue weighted by molar-refractivity contribution is -0.0676. The van der Waals surface area contributed by atoms with Crippen LogP contribution >= 0.6 is 0 Å². The Hall–Kier alpha value is -1.84. The Morgan fingerprint density at radius 3 is 1.30 bits per heavy atom. The van der Waals surface area contributed by atoms with Crippen LogP contribution in [0.3, 0.4) is 0 Å². The van der Waals surface area contributed by atoms with Gasteiger partial charge in [-0.15, -0.1) is 0 Å². The van der Waals surface area contributed by atoms with E-state index in [1.165, 1.54) is 12.8 Å². The zero-order chi connectivity index (χ0) is 21.8. The minimum absolute atomic E-state index is 0.243. The second kappa shape index (κ2) is 9.53. The lowest BCUT2D eigenvalue weighted by Crippen LogP contribution is -2.43. The molecule has 2 aliphatic carbocycles. The van der Waals surface area contributed by atoms with Crippen molar-refractivity contribution in [2.45, 2.75) is 103 Å². The molecule has 0 bridgehead atoms. The molecule has 0 atom stereocenters. The topological polar surface area (TPSA) is 52.6 Å². The summed E-state index contributed by atoms with van der Waals surface area (Å²) in [6.07, 6.45) is 10.2. The van der Waals surface area contributed by atoms with Gasteiger partial charge >= 0.3 is 11.9 Å². The molecule has 1 aromatic carbocycles. The van der Waals surface area contributed by atoms with Gasteiger partial charge in [-0.1, -0.05) is 52.7 Å². The Labute approximate surface area is 181 Å². The third kappa shape index (κ3) is 4.73. The van der Waals surface area contributed by atoms with E-state index in [9.17, 15) is 9.59 Å². The van der Waals surface area contributed by atoms with Gasteiger partial charge in [0, 0.05) is 0 Å². The highest BCUT2D eigenvalue weighted by Gasteiger charge is 2.41. The SMILES string of the molecule is CC(C)C1(OC(=O)c2ccccc2C(=O)OC2(C(C)C)CCCCC2)CCCCC1. The maximum Gasteiger partial charge on any atom is 0.339 e. The minimum Gasteiger partial charge on any atom is -0.455 e. The molecule has 0 aromatic heterocycles. The van der Waals surface area contributed by atoms with Gasteiger partial charge in [0.2, 0.25) is 0 Å². The maximum absolute atomic E-state index is 13.2. The molecule has 0 unspecified atom stereocenters. The highest BCUT2D eigenvalue weighted by molar-refractivity contribution is 6.03. The third-order valence-electron chi connectivity index (χ3n) is 7.46. The monoisotopic (exact) mass is 414 g/mol. The van der Waals surface area contributed by atoms with Crippen LogP contribution in [0.4, 0.5) is 0 Å². The minimum atomic E-state index is -0.436. The van der Waals surface area contributed by atoms with Gasteiger partial charge in [-0.25, -0.2) is 9.59 Å². The molecule has 0 radical (unpaired) electrons. The van der Waals surface area contributed by atoms with Crippen LogP contribution in [-0.2, 0) is 9.47 Å². The van der Waals surface area contributed by atoms with Gasteiger partial charge in [-0.3, -0.25) is 0 Å². The van der Waals surface area contributed by atoms with Crippen LogP contribution in [0.2, 0.25) is 0 Å². The van der Waals surface area contributed by atoms with E-state index in [4.69, 9.17) is 9.47 Å². The Morgan fingerprint density at radius 1 is 0.667 bits per heavy atom. The largest absolute Gasteiger partial charge is 0.455 e. The van der Waals surface area contributed by atoms with Gasteiger partial charge in [0.1, 0.15) is 11.2 Å². The quantitative estimate of drug-likeness (QED) is 0.485. The van der Waals surface area contributed by atoms with Crippen molar-refractivity contribution in [1.29, 1.82) is 0 Å². The average molecular weight is 415 g/mol. The first-order valence-corrected chi connectivity index (χ1v) is 11.9. The predicted molar refractivity (Wildman–Crippen MR) is 119 cm³/mol. The zero-order valence-electron chi connectivity index (χ0n) is 19.2. The Balaban J connectivity index is 1.82. The zero-order valence-corrected chi connectivity index (χ0v) is 19.2. The summed E-state index contributed by atoms with van der Waals surface area (Å²) >= 11 is 0. The number of hydrogen-bond acceptors (Lipinski definition) is 4. The summed E-state index contributed by atoms with van der Waals surface area (Å²) in [6, 6.07) is 6.96. The fourth-order valence-corrected chi connectivity index (χ4v) is 5.21. The number of esters is 2. The smallest absolute Gasteiger partial charge is 0.339 e. The number of ether oxygens (including phenoxy) is 2. The second-order valence-electron chi connectivity index (χ2n) is 9.88. The highest BCUT2D eigenvalue weighted by atomic mass is 16.6. The van der Waals surface area contributed by atoms with E-state index >= 15 is 0 Å². The molecular weight excluding hydrogens is 376 g/mol. The molecule has 166 valence electrons. The summed E-state index contributed by atoms with van der Waals surface area (Å²) in [5.74, 6) is -0.319. The molecule has 1 aromatic rings. The van der Waals surface area contributed by atoms with Crippen molar-refractivity contribution >= 4 is 11.9 Å². The Morgan fingerprint density at radius 2 is 1.00 bits per heavy atom. The molecule has 0 saturated heterocycles. The van der Waals surface area contributed by atoms with Crippen molar-refractivity contribution in [1.82, 2.24) is 0 Å². The van der Waals surface area contributed by atoms with Crippen molar-refractivity contribution in [3.8, 4) is 0 Å². The molecular formula is C26H38O4. The molecule has 2 aliphatic rings. The van der Waals surface area contributed by atoms with Crippen molar-refractivity contribution in [2.75, 3.05) is 0 Å². The van der Waals surface area contributed by atoms with Crippen LogP contribution < -0.4 is 0 Å². The van der Waals surface area contributed by atoms with Crippen LogP contribution in [0.5, 0.6) is 0 Å². The number of hydrogen-bond donors (Lipinski definition) is 0. The maximum atomic E-state index is 13.2. The van der Waals surface area contributed by atoms with Gasteiger partial charge in [0.15, 0.2) is 0 Å². The average Bonchev–Trinajstić information content (AvgIpc) is 2.74. The summed E-state index contributed by atoms with van der Waals surface area (Å²) in [6.45, 7) is 8.48. The molecule has 0 aliphatic heterocycles. The van der Waals surface area contributed by atoms with E-state index in [1.54, 1.807) is 24.3 Å². The highest BCUT2D eigenvalue weighted by Crippen LogP contribution is 2.40. The van der Waals surface area contributed by atoms with Crippen LogP contribution in [0, 0.1) is 11.8 Å². The van der Waals surface area contributed by atoms with Crippen LogP contribution in [-0.4, -0.2) is 23.1 Å². The van der Waals surface area contributed by atoms with Crippen molar-refractivity contribution in [3.63, 3.8) is 0 Å². The summed E-state index contributed by atoms with van der Waals surface area (Å²) < 4.78 is 12.3. The number of carbonyl (C=O) groups is 2. The summed E-state index contributed by atoms with van der Waals surface area (Å²) in [5, 5.41) is 0. The fraction of sp³-hybridized carbons (Fsp3) is 0.692. The lowest BCUT2D eigenvalue weighted by Gasteiger charge is -2.41. The van der Waals surface area contributed by atoms with Gasteiger partial charge < -0.3 is 9.47 Å². The first kappa shape index (κ1) is 22.8. The molecule has 0 N–H and O–H groups in total. The summed E-state index contributed by atoms with van der Waals surface area (Å²) in [5.41, 5.74) is -0.227. The number of carbonyl (C=O) groups excluding carboxylic acids is 2. The standard InChI is InChI=1S/C26H38O4/c1-19(2)25(15-9-5-10-16-25)29-23(27)21-13-7-8-14-22(21)24(28)30-26(20(3)4)17-11-6-12-18-26/h7-8,13-14,19-20H,5-6,9-12,15-18H2,1-4H3. The third-order valence-corrected chi connectivity index (χ3v) is 7.46. The predicted octanol–water partition coefficient (Wildman–Crippen LogP) is 6.72. The van der Waals surface area contributed by atoms with Gasteiger partial charge in [-0.2, -0.15) is 0 Å². The first-order chi connectivity index (χ1) is 14.3. The summed E-state index contributed by atoms with van der Waals surface area (Å²) in [7, 11) is 0. The van der Waals surface area contributed by atoms with Crippen molar-refractivity contribution in [2.24, 2.45) is 11.8 Å². The Bertz CT molecular complexity index is 674. The van der Waals surface area contributed by atoms with E-state index in [1.807, 2.05) is 0 Å². The fourth-order valence-electron chi connectivity index (χ4n) is 5.21. The Kier molecular flexibility index (Phi) is 7.26. The van der Waals surface area contributed by atoms with Crippen LogP contribution in [0.15, 0.2) is 24.3 Å². The lowest BCUT2D eigenvalue weighted by atomic mass is 9.77. The molecule has 2 saturated carbocycles. The molecule has 0 heterocycles.